The Bertz CT molecular complexity index is 1190. The first-order valence-electron chi connectivity index (χ1n) is 14.7. The second-order valence-electron chi connectivity index (χ2n) is 10.6. The van der Waals surface area contributed by atoms with Crippen molar-refractivity contribution in [2.75, 3.05) is 46.9 Å². The van der Waals surface area contributed by atoms with Crippen LogP contribution >= 0.6 is 0 Å². The molecule has 0 saturated heterocycles. The van der Waals surface area contributed by atoms with Gasteiger partial charge in [-0.15, -0.1) is 0 Å². The van der Waals surface area contributed by atoms with E-state index in [1.165, 1.54) is 12.7 Å². The summed E-state index contributed by atoms with van der Waals surface area (Å²) in [5.41, 5.74) is 1.66. The monoisotopic (exact) mass is 580 g/mol. The Morgan fingerprint density at radius 2 is 1.74 bits per heavy atom. The molecule has 0 fully saturated rings. The van der Waals surface area contributed by atoms with E-state index in [0.29, 0.717) is 62.5 Å². The molecule has 0 aromatic heterocycles. The smallest absolute Gasteiger partial charge is 0.258 e. The van der Waals surface area contributed by atoms with E-state index in [-0.39, 0.29) is 24.3 Å². The maximum Gasteiger partial charge on any atom is 0.258 e. The zero-order valence-corrected chi connectivity index (χ0v) is 25.0. The van der Waals surface area contributed by atoms with Gasteiger partial charge in [0.1, 0.15) is 6.04 Å². The van der Waals surface area contributed by atoms with Crippen molar-refractivity contribution in [1.29, 1.82) is 0 Å². The summed E-state index contributed by atoms with van der Waals surface area (Å²) in [6, 6.07) is 14.3. The zero-order valence-electron chi connectivity index (χ0n) is 25.0. The van der Waals surface area contributed by atoms with Crippen molar-refractivity contribution < 1.29 is 28.7 Å². The van der Waals surface area contributed by atoms with Crippen LogP contribution in [0, 0.1) is 0 Å². The highest BCUT2D eigenvalue weighted by Gasteiger charge is 2.21. The van der Waals surface area contributed by atoms with Gasteiger partial charge in [-0.1, -0.05) is 30.3 Å². The van der Waals surface area contributed by atoms with E-state index >= 15 is 0 Å². The number of nitrogens with one attached hydrogen (secondary N) is 2. The average Bonchev–Trinajstić information content (AvgIpc) is 3.00. The van der Waals surface area contributed by atoms with Crippen molar-refractivity contribution in [3.63, 3.8) is 0 Å². The van der Waals surface area contributed by atoms with Crippen LogP contribution in [-0.2, 0) is 20.8 Å². The van der Waals surface area contributed by atoms with Crippen LogP contribution < -0.4 is 20.1 Å². The number of hydrogen-bond acceptors (Lipinski definition) is 6. The average molecular weight is 581 g/mol. The maximum absolute atomic E-state index is 13.1. The normalized spacial score (nSPS) is 18.0. The number of nitrogens with zero attached hydrogens (tertiary/aromatic N) is 2. The van der Waals surface area contributed by atoms with Crippen molar-refractivity contribution in [3.05, 3.63) is 59.7 Å². The highest BCUT2D eigenvalue weighted by Crippen LogP contribution is 2.28. The standard InChI is InChI=1S/C32H44N4O6/c1-24-32(40)35(2)19-9-10-20-36(30(38)15-8-7-14-25-12-5-4-6-13-25)21-11-18-33-31(39)26-16-17-27(28(22-26)41-3)42-23-29(37)34-24/h4-6,12-13,16-17,22,24H,7-11,14-15,18-21,23H2,1-3H3,(H,33,39)(H,34,37)/t24-/m0/s1. The van der Waals surface area contributed by atoms with Crippen molar-refractivity contribution in [2.45, 2.75) is 57.9 Å². The Hall–Kier alpha value is -4.08. The van der Waals surface area contributed by atoms with Crippen molar-refractivity contribution in [3.8, 4) is 11.5 Å². The lowest BCUT2D eigenvalue weighted by molar-refractivity contribution is -0.135. The Labute approximate surface area is 248 Å². The van der Waals surface area contributed by atoms with Gasteiger partial charge in [-0.2, -0.15) is 0 Å². The number of fused-ring (bicyclic) bond motifs is 18. The van der Waals surface area contributed by atoms with Gasteiger partial charge in [-0.05, 0) is 69.2 Å². The number of aryl methyl sites for hydroxylation is 1. The molecule has 0 spiro atoms. The minimum atomic E-state index is -0.720. The minimum Gasteiger partial charge on any atom is -0.493 e. The summed E-state index contributed by atoms with van der Waals surface area (Å²) in [4.78, 5) is 54.6. The topological polar surface area (TPSA) is 117 Å². The maximum atomic E-state index is 13.1. The van der Waals surface area contributed by atoms with Gasteiger partial charge in [0.25, 0.3) is 11.8 Å². The van der Waals surface area contributed by atoms with Crippen LogP contribution in [0.4, 0.5) is 0 Å². The molecular formula is C32H44N4O6. The summed E-state index contributed by atoms with van der Waals surface area (Å²) in [5, 5.41) is 5.58. The van der Waals surface area contributed by atoms with Crippen molar-refractivity contribution in [1.82, 2.24) is 20.4 Å². The summed E-state index contributed by atoms with van der Waals surface area (Å²) < 4.78 is 11.0. The molecule has 42 heavy (non-hydrogen) atoms. The molecule has 2 aliphatic rings. The molecule has 0 radical (unpaired) electrons. The van der Waals surface area contributed by atoms with E-state index in [2.05, 4.69) is 22.8 Å². The fourth-order valence-corrected chi connectivity index (χ4v) is 4.85. The van der Waals surface area contributed by atoms with Crippen LogP contribution in [0.2, 0.25) is 0 Å². The highest BCUT2D eigenvalue weighted by molar-refractivity contribution is 5.95. The van der Waals surface area contributed by atoms with Gasteiger partial charge in [0.15, 0.2) is 18.1 Å². The van der Waals surface area contributed by atoms with Gasteiger partial charge in [0.2, 0.25) is 11.8 Å². The molecule has 2 aromatic rings. The lowest BCUT2D eigenvalue weighted by Gasteiger charge is -2.25. The molecule has 228 valence electrons. The Balaban J connectivity index is 1.64. The lowest BCUT2D eigenvalue weighted by Crippen LogP contribution is -2.47. The summed E-state index contributed by atoms with van der Waals surface area (Å²) in [7, 11) is 3.16. The van der Waals surface area contributed by atoms with Gasteiger partial charge < -0.3 is 29.9 Å². The lowest BCUT2D eigenvalue weighted by atomic mass is 10.1. The summed E-state index contributed by atoms with van der Waals surface area (Å²) in [6.45, 7) is 3.36. The first-order valence-corrected chi connectivity index (χ1v) is 14.7. The van der Waals surface area contributed by atoms with Gasteiger partial charge in [0, 0.05) is 45.2 Å². The number of methoxy groups -OCH3 is 1. The second kappa shape index (κ2) is 17.0. The number of likely N-dealkylation sites (N-methyl/N-ethyl adjacent to an activating group) is 1. The molecule has 0 saturated carbocycles. The fourth-order valence-electron chi connectivity index (χ4n) is 4.85. The largest absolute Gasteiger partial charge is 0.493 e. The molecule has 0 aliphatic carbocycles. The molecule has 0 unspecified atom stereocenters. The molecule has 4 rings (SSSR count). The Morgan fingerprint density at radius 3 is 2.50 bits per heavy atom. The molecule has 2 N–H and O–H groups in total. The van der Waals surface area contributed by atoms with Crippen LogP contribution in [0.15, 0.2) is 48.5 Å². The number of rotatable bonds is 6. The number of carbonyl (C=O) groups excluding carboxylic acids is 4. The van der Waals surface area contributed by atoms with E-state index in [1.807, 2.05) is 23.1 Å². The summed E-state index contributed by atoms with van der Waals surface area (Å²) in [5.74, 6) is -0.186. The predicted molar refractivity (Wildman–Crippen MR) is 160 cm³/mol. The molecule has 4 amide bonds. The van der Waals surface area contributed by atoms with E-state index in [0.717, 1.165) is 25.7 Å². The molecule has 10 heteroatoms. The molecule has 2 heterocycles. The van der Waals surface area contributed by atoms with Gasteiger partial charge in [-0.25, -0.2) is 0 Å². The number of carbonyl (C=O) groups is 4. The molecular weight excluding hydrogens is 536 g/mol. The highest BCUT2D eigenvalue weighted by atomic mass is 16.5. The van der Waals surface area contributed by atoms with Gasteiger partial charge in [-0.3, -0.25) is 19.2 Å². The number of hydrogen-bond donors (Lipinski definition) is 2. The minimum absolute atomic E-state index is 0.105. The predicted octanol–water partition coefficient (Wildman–Crippen LogP) is 3.19. The molecule has 10 nitrogen and oxygen atoms in total. The van der Waals surface area contributed by atoms with Crippen LogP contribution in [0.25, 0.3) is 0 Å². The number of ether oxygens (including phenoxy) is 2. The fraction of sp³-hybridized carbons (Fsp3) is 0.500. The molecule has 2 aromatic carbocycles. The summed E-state index contributed by atoms with van der Waals surface area (Å²) in [6.07, 6.45) is 5.23. The van der Waals surface area contributed by atoms with Gasteiger partial charge >= 0.3 is 0 Å². The van der Waals surface area contributed by atoms with Crippen molar-refractivity contribution >= 4 is 23.6 Å². The Kier molecular flexibility index (Phi) is 13.1. The summed E-state index contributed by atoms with van der Waals surface area (Å²) >= 11 is 0. The third-order valence-corrected chi connectivity index (χ3v) is 7.27. The van der Waals surface area contributed by atoms with Crippen LogP contribution in [-0.4, -0.2) is 86.4 Å². The zero-order chi connectivity index (χ0) is 30.3. The molecule has 2 aliphatic heterocycles. The number of amides is 4. The number of unbranched alkanes of at least 4 members (excludes halogenated alkanes) is 1. The molecule has 2 bridgehead atoms. The third kappa shape index (κ3) is 10.4. The van der Waals surface area contributed by atoms with Crippen LogP contribution in [0.3, 0.4) is 0 Å². The number of benzene rings is 2. The quantitative estimate of drug-likeness (QED) is 0.401. The third-order valence-electron chi connectivity index (χ3n) is 7.27. The van der Waals surface area contributed by atoms with E-state index in [1.54, 1.807) is 37.1 Å². The first-order chi connectivity index (χ1) is 20.3. The van der Waals surface area contributed by atoms with Crippen LogP contribution in [0.5, 0.6) is 11.5 Å². The van der Waals surface area contributed by atoms with Crippen molar-refractivity contribution in [2.24, 2.45) is 0 Å². The van der Waals surface area contributed by atoms with E-state index in [4.69, 9.17) is 9.47 Å². The van der Waals surface area contributed by atoms with E-state index < -0.39 is 11.9 Å². The first kappa shape index (κ1) is 32.4. The van der Waals surface area contributed by atoms with Gasteiger partial charge in [0.05, 0.1) is 7.11 Å². The molecule has 1 atom stereocenters. The van der Waals surface area contributed by atoms with E-state index in [9.17, 15) is 19.2 Å². The second-order valence-corrected chi connectivity index (χ2v) is 10.6. The SMILES string of the molecule is COc1cc2ccc1OCC(=O)N[C@@H](C)C(=O)N(C)CCCCN(C(=O)CCCCc1ccccc1)CCCNC2=O. The van der Waals surface area contributed by atoms with Crippen LogP contribution in [0.1, 0.15) is 61.4 Å². The Morgan fingerprint density at radius 1 is 1.00 bits per heavy atom.